The van der Waals surface area contributed by atoms with Crippen LogP contribution in [-0.4, -0.2) is 83.5 Å². The number of aliphatic hydroxyl groups is 1. The number of fused-ring (bicyclic) bond motifs is 1. The molecule has 0 aliphatic carbocycles. The Hall–Kier alpha value is -5.75. The number of nitrogens with zero attached hydrogens (tertiary/aromatic N) is 5. The average Bonchev–Trinajstić information content (AvgIpc) is 3.81. The number of H-pyrrole nitrogens is 1. The van der Waals surface area contributed by atoms with Crippen LogP contribution in [0.2, 0.25) is 0 Å². The van der Waals surface area contributed by atoms with Crippen LogP contribution >= 0.6 is 0 Å². The Labute approximate surface area is 303 Å². The van der Waals surface area contributed by atoms with E-state index in [1.165, 1.54) is 0 Å². The Balaban J connectivity index is 1.35. The number of aliphatic hydroxyl groups excluding tert-OH is 1. The highest BCUT2D eigenvalue weighted by Gasteiger charge is 2.32. The minimum absolute atomic E-state index is 0.0821. The van der Waals surface area contributed by atoms with E-state index in [1.807, 2.05) is 36.1 Å². The molecule has 1 aliphatic heterocycles. The van der Waals surface area contributed by atoms with Crippen LogP contribution in [0.15, 0.2) is 78.9 Å². The number of rotatable bonds is 13. The van der Waals surface area contributed by atoms with Crippen molar-refractivity contribution < 1.29 is 24.6 Å². The smallest absolute Gasteiger partial charge is 0.274 e. The van der Waals surface area contributed by atoms with Gasteiger partial charge in [0, 0.05) is 36.6 Å². The molecule has 1 aliphatic rings. The summed E-state index contributed by atoms with van der Waals surface area (Å²) in [6.45, 7) is 7.39. The zero-order valence-electron chi connectivity index (χ0n) is 29.8. The number of nitrogens with one attached hydrogen (secondary N) is 2. The molecule has 0 radical (unpaired) electrons. The molecule has 3 aromatic carbocycles. The summed E-state index contributed by atoms with van der Waals surface area (Å²) in [5.74, 6) is -0.896. The molecule has 12 nitrogen and oxygen atoms in total. The van der Waals surface area contributed by atoms with E-state index in [-0.39, 0.29) is 35.4 Å². The Morgan fingerprint density at radius 1 is 0.942 bits per heavy atom. The van der Waals surface area contributed by atoms with Crippen LogP contribution in [0.25, 0.3) is 16.9 Å². The van der Waals surface area contributed by atoms with Crippen molar-refractivity contribution in [1.29, 1.82) is 0 Å². The maximum atomic E-state index is 14.6. The Bertz CT molecular complexity index is 2060. The van der Waals surface area contributed by atoms with Crippen molar-refractivity contribution in [2.75, 3.05) is 25.0 Å². The second-order valence-corrected chi connectivity index (χ2v) is 13.2. The van der Waals surface area contributed by atoms with E-state index in [1.54, 1.807) is 64.2 Å². The van der Waals surface area contributed by atoms with Gasteiger partial charge >= 0.3 is 0 Å². The van der Waals surface area contributed by atoms with Crippen molar-refractivity contribution in [2.45, 2.75) is 65.5 Å². The van der Waals surface area contributed by atoms with Gasteiger partial charge in [-0.2, -0.15) is 10.2 Å². The van der Waals surface area contributed by atoms with Crippen LogP contribution in [-0.2, 0) is 13.0 Å². The second-order valence-electron chi connectivity index (χ2n) is 13.2. The first-order chi connectivity index (χ1) is 25.2. The van der Waals surface area contributed by atoms with Gasteiger partial charge in [-0.25, -0.2) is 4.68 Å². The summed E-state index contributed by atoms with van der Waals surface area (Å²) in [5, 5.41) is 34.9. The molecule has 0 saturated heterocycles. The third-order valence-corrected chi connectivity index (χ3v) is 9.46. The topological polar surface area (TPSA) is 157 Å². The predicted octanol–water partition coefficient (Wildman–Crippen LogP) is 6.13. The lowest BCUT2D eigenvalue weighted by Gasteiger charge is -2.36. The Morgan fingerprint density at radius 3 is 2.40 bits per heavy atom. The number of carbonyl (C=O) groups is 3. The molecule has 52 heavy (non-hydrogen) atoms. The van der Waals surface area contributed by atoms with E-state index in [9.17, 15) is 24.6 Å². The molecule has 5 aromatic rings. The van der Waals surface area contributed by atoms with Gasteiger partial charge in [0.25, 0.3) is 17.7 Å². The molecule has 3 amide bonds. The Morgan fingerprint density at radius 2 is 1.69 bits per heavy atom. The number of hydrogen-bond acceptors (Lipinski definition) is 7. The van der Waals surface area contributed by atoms with Crippen LogP contribution in [0.4, 0.5) is 5.69 Å². The van der Waals surface area contributed by atoms with Crippen LogP contribution in [0.3, 0.4) is 0 Å². The summed E-state index contributed by atoms with van der Waals surface area (Å²) in [5.41, 5.74) is 5.39. The summed E-state index contributed by atoms with van der Waals surface area (Å²) in [4.78, 5) is 45.3. The third kappa shape index (κ3) is 7.76. The standard InChI is InChI=1S/C40H45N7O5/c1-4-6-17-45(18-7-5-2)40(52)36-19-26(3)47(44-36)37-16-15-30(41-38(50)35-23-34(42-43-35)28-13-10-14-32(49)21-28)22-33(37)39(51)46-24-29-12-9-8-11-27(29)20-31(46)25-48/h8-16,19,21-23,31,48-49H,4-7,17-18,20,24-25H2,1-3H3,(H,41,50)(H,42,43). The fourth-order valence-corrected chi connectivity index (χ4v) is 6.56. The van der Waals surface area contributed by atoms with Gasteiger partial charge < -0.3 is 25.3 Å². The van der Waals surface area contributed by atoms with Crippen LogP contribution in [0.5, 0.6) is 5.75 Å². The number of phenols is 1. The lowest BCUT2D eigenvalue weighted by molar-refractivity contribution is 0.0544. The Kier molecular flexibility index (Phi) is 11.1. The van der Waals surface area contributed by atoms with E-state index in [0.29, 0.717) is 60.1 Å². The largest absolute Gasteiger partial charge is 0.508 e. The summed E-state index contributed by atoms with van der Waals surface area (Å²) in [6.07, 6.45) is 4.21. The molecule has 0 fully saturated rings. The van der Waals surface area contributed by atoms with Gasteiger partial charge in [0.2, 0.25) is 0 Å². The molecule has 0 bridgehead atoms. The number of aromatic amines is 1. The van der Waals surface area contributed by atoms with Crippen molar-refractivity contribution in [3.05, 3.63) is 113 Å². The van der Waals surface area contributed by atoms with Gasteiger partial charge in [-0.1, -0.05) is 63.1 Å². The molecule has 3 heterocycles. The monoisotopic (exact) mass is 703 g/mol. The average molecular weight is 704 g/mol. The summed E-state index contributed by atoms with van der Waals surface area (Å²) in [7, 11) is 0. The second kappa shape index (κ2) is 16.1. The number of aromatic hydroxyl groups is 1. The quantitative estimate of drug-likeness (QED) is 0.115. The molecule has 6 rings (SSSR count). The van der Waals surface area contributed by atoms with E-state index >= 15 is 0 Å². The molecule has 4 N–H and O–H groups in total. The highest BCUT2D eigenvalue weighted by Crippen LogP contribution is 2.29. The lowest BCUT2D eigenvalue weighted by atomic mass is 9.93. The maximum absolute atomic E-state index is 14.6. The number of aryl methyl sites for hydroxylation is 1. The van der Waals surface area contributed by atoms with E-state index < -0.39 is 11.9 Å². The highest BCUT2D eigenvalue weighted by atomic mass is 16.3. The molecule has 1 atom stereocenters. The van der Waals surface area contributed by atoms with Crippen molar-refractivity contribution in [3.63, 3.8) is 0 Å². The molecule has 0 saturated carbocycles. The molecular weight excluding hydrogens is 658 g/mol. The fourth-order valence-electron chi connectivity index (χ4n) is 6.56. The summed E-state index contributed by atoms with van der Waals surface area (Å²) >= 11 is 0. The molecule has 1 unspecified atom stereocenters. The fraction of sp³-hybridized carbons (Fsp3) is 0.325. The number of phenolic OH excluding ortho intramolecular Hbond substituents is 1. The van der Waals surface area contributed by atoms with E-state index in [4.69, 9.17) is 5.10 Å². The lowest BCUT2D eigenvalue weighted by Crippen LogP contribution is -2.46. The maximum Gasteiger partial charge on any atom is 0.274 e. The third-order valence-electron chi connectivity index (χ3n) is 9.46. The van der Waals surface area contributed by atoms with Crippen molar-refractivity contribution in [2.24, 2.45) is 0 Å². The first-order valence-corrected chi connectivity index (χ1v) is 17.9. The number of anilines is 1. The van der Waals surface area contributed by atoms with Crippen LogP contribution in [0, 0.1) is 6.92 Å². The zero-order chi connectivity index (χ0) is 36.8. The number of amides is 3. The van der Waals surface area contributed by atoms with Crippen molar-refractivity contribution in [1.82, 2.24) is 29.8 Å². The van der Waals surface area contributed by atoms with Gasteiger partial charge in [-0.05, 0) is 79.8 Å². The van der Waals surface area contributed by atoms with Gasteiger partial charge in [0.05, 0.1) is 29.6 Å². The number of carbonyl (C=O) groups excluding carboxylic acids is 3. The van der Waals surface area contributed by atoms with Gasteiger partial charge in [-0.15, -0.1) is 0 Å². The van der Waals surface area contributed by atoms with Gasteiger partial charge in [0.15, 0.2) is 5.69 Å². The molecule has 270 valence electrons. The normalized spacial score (nSPS) is 13.8. The molecule has 12 heteroatoms. The van der Waals surface area contributed by atoms with Crippen molar-refractivity contribution in [3.8, 4) is 22.7 Å². The van der Waals surface area contributed by atoms with Crippen LogP contribution in [0.1, 0.15) is 87.7 Å². The molecular formula is C40H45N7O5. The van der Waals surface area contributed by atoms with Gasteiger partial charge in [-0.3, -0.25) is 19.5 Å². The van der Waals surface area contributed by atoms with Gasteiger partial charge in [0.1, 0.15) is 11.4 Å². The SMILES string of the molecule is CCCCN(CCCC)C(=O)c1cc(C)n(-c2ccc(NC(=O)c3cc(-c4cccc(O)c4)n[nH]3)cc2C(=O)N2Cc3ccccc3CC2CO)n1. The number of hydrogen-bond donors (Lipinski definition) is 4. The van der Waals surface area contributed by atoms with Crippen LogP contribution < -0.4 is 5.32 Å². The molecule has 2 aromatic heterocycles. The first kappa shape index (κ1) is 36.1. The highest BCUT2D eigenvalue weighted by molar-refractivity contribution is 6.05. The zero-order valence-corrected chi connectivity index (χ0v) is 29.8. The molecule has 0 spiro atoms. The van der Waals surface area contributed by atoms with E-state index in [0.717, 1.165) is 36.8 Å². The minimum atomic E-state index is -0.479. The van der Waals surface area contributed by atoms with E-state index in [2.05, 4.69) is 29.4 Å². The van der Waals surface area contributed by atoms with Crippen molar-refractivity contribution >= 4 is 23.4 Å². The summed E-state index contributed by atoms with van der Waals surface area (Å²) in [6, 6.07) is 22.3. The first-order valence-electron chi connectivity index (χ1n) is 17.9. The number of unbranched alkanes of at least 4 members (excludes halogenated alkanes) is 2. The number of aromatic nitrogens is 4. The summed E-state index contributed by atoms with van der Waals surface area (Å²) < 4.78 is 1.60. The minimum Gasteiger partial charge on any atom is -0.508 e. The predicted molar refractivity (Wildman–Crippen MR) is 199 cm³/mol. The number of benzene rings is 3.